The smallest absolute Gasteiger partial charge is 0.0590 e. The third kappa shape index (κ3) is 5.86. The van der Waals surface area contributed by atoms with E-state index in [1.54, 1.807) is 0 Å². The van der Waals surface area contributed by atoms with E-state index in [0.29, 0.717) is 6.10 Å². The van der Waals surface area contributed by atoms with Gasteiger partial charge >= 0.3 is 0 Å². The van der Waals surface area contributed by atoms with Crippen LogP contribution in [0.2, 0.25) is 0 Å². The van der Waals surface area contributed by atoms with E-state index in [9.17, 15) is 0 Å². The molecule has 16 heavy (non-hydrogen) atoms. The van der Waals surface area contributed by atoms with Crippen molar-refractivity contribution in [2.45, 2.75) is 77.4 Å². The van der Waals surface area contributed by atoms with E-state index in [2.05, 4.69) is 19.2 Å². The molecule has 2 atom stereocenters. The van der Waals surface area contributed by atoms with Crippen molar-refractivity contribution in [1.29, 1.82) is 0 Å². The van der Waals surface area contributed by atoms with E-state index >= 15 is 0 Å². The van der Waals surface area contributed by atoms with E-state index in [-0.39, 0.29) is 0 Å². The van der Waals surface area contributed by atoms with Gasteiger partial charge in [-0.15, -0.1) is 0 Å². The van der Waals surface area contributed by atoms with Crippen LogP contribution in [-0.2, 0) is 4.74 Å². The Kier molecular flexibility index (Phi) is 7.87. The topological polar surface area (TPSA) is 21.3 Å². The molecule has 1 aliphatic rings. The summed E-state index contributed by atoms with van der Waals surface area (Å²) < 4.78 is 5.92. The van der Waals surface area contributed by atoms with Crippen LogP contribution in [-0.4, -0.2) is 25.3 Å². The van der Waals surface area contributed by atoms with Gasteiger partial charge in [-0.05, 0) is 38.6 Å². The second-order valence-electron chi connectivity index (χ2n) is 5.02. The Balaban J connectivity index is 1.94. The molecule has 0 amide bonds. The zero-order chi connectivity index (χ0) is 11.6. The van der Waals surface area contributed by atoms with Gasteiger partial charge in [-0.3, -0.25) is 0 Å². The van der Waals surface area contributed by atoms with Crippen molar-refractivity contribution in [3.63, 3.8) is 0 Å². The van der Waals surface area contributed by atoms with Crippen molar-refractivity contribution in [1.82, 2.24) is 5.32 Å². The van der Waals surface area contributed by atoms with Crippen molar-refractivity contribution in [3.05, 3.63) is 0 Å². The predicted octanol–water partition coefficient (Wildman–Crippen LogP) is 3.50. The lowest BCUT2D eigenvalue weighted by molar-refractivity contribution is 0.0541. The zero-order valence-corrected chi connectivity index (χ0v) is 11.1. The van der Waals surface area contributed by atoms with Crippen LogP contribution in [0, 0.1) is 0 Å². The summed E-state index contributed by atoms with van der Waals surface area (Å²) in [4.78, 5) is 0. The molecule has 0 heterocycles. The number of hydrogen-bond acceptors (Lipinski definition) is 2. The molecule has 0 aromatic rings. The van der Waals surface area contributed by atoms with Crippen LogP contribution in [0.25, 0.3) is 0 Å². The first kappa shape index (κ1) is 14.0. The lowest BCUT2D eigenvalue weighted by atomic mass is 10.2. The van der Waals surface area contributed by atoms with Crippen LogP contribution in [0.4, 0.5) is 0 Å². The highest BCUT2D eigenvalue weighted by molar-refractivity contribution is 4.80. The number of hydrogen-bond donors (Lipinski definition) is 1. The van der Waals surface area contributed by atoms with Gasteiger partial charge in [0.1, 0.15) is 0 Å². The highest BCUT2D eigenvalue weighted by Gasteiger charge is 2.24. The Bertz CT molecular complexity index is 161. The number of rotatable bonds is 9. The standard InChI is InChI=1S/C14H29NO/c1-3-5-6-7-11-16-14-9-8-13(12-14)15-10-4-2/h13-15H,3-12H2,1-2H3. The minimum absolute atomic E-state index is 0.538. The average Bonchev–Trinajstić information content (AvgIpc) is 2.74. The first-order valence-electron chi connectivity index (χ1n) is 7.21. The van der Waals surface area contributed by atoms with E-state index < -0.39 is 0 Å². The predicted molar refractivity (Wildman–Crippen MR) is 69.8 cm³/mol. The second-order valence-corrected chi connectivity index (χ2v) is 5.02. The third-order valence-electron chi connectivity index (χ3n) is 3.42. The van der Waals surface area contributed by atoms with Crippen molar-refractivity contribution >= 4 is 0 Å². The fraction of sp³-hybridized carbons (Fsp3) is 1.00. The van der Waals surface area contributed by atoms with Crippen LogP contribution < -0.4 is 5.32 Å². The largest absolute Gasteiger partial charge is 0.378 e. The maximum Gasteiger partial charge on any atom is 0.0590 e. The van der Waals surface area contributed by atoms with Crippen molar-refractivity contribution in [2.24, 2.45) is 0 Å². The summed E-state index contributed by atoms with van der Waals surface area (Å²) in [6.45, 7) is 6.62. The van der Waals surface area contributed by atoms with Gasteiger partial charge in [0.05, 0.1) is 6.10 Å². The number of unbranched alkanes of at least 4 members (excludes halogenated alkanes) is 3. The Morgan fingerprint density at radius 3 is 2.69 bits per heavy atom. The summed E-state index contributed by atoms with van der Waals surface area (Å²) in [5.41, 5.74) is 0. The zero-order valence-electron chi connectivity index (χ0n) is 11.1. The van der Waals surface area contributed by atoms with Crippen molar-refractivity contribution < 1.29 is 4.74 Å². The molecule has 0 radical (unpaired) electrons. The monoisotopic (exact) mass is 227 g/mol. The molecule has 1 aliphatic carbocycles. The molecule has 0 saturated heterocycles. The summed E-state index contributed by atoms with van der Waals surface area (Å²) in [5, 5.41) is 3.59. The molecule has 1 rings (SSSR count). The summed E-state index contributed by atoms with van der Waals surface area (Å²) >= 11 is 0. The summed E-state index contributed by atoms with van der Waals surface area (Å²) in [5.74, 6) is 0. The first-order valence-corrected chi connectivity index (χ1v) is 7.21. The lowest BCUT2D eigenvalue weighted by Crippen LogP contribution is -2.27. The van der Waals surface area contributed by atoms with E-state index in [1.807, 2.05) is 0 Å². The normalized spacial score (nSPS) is 25.1. The van der Waals surface area contributed by atoms with E-state index in [4.69, 9.17) is 4.74 Å². The van der Waals surface area contributed by atoms with Gasteiger partial charge in [-0.25, -0.2) is 0 Å². The highest BCUT2D eigenvalue weighted by atomic mass is 16.5. The SMILES string of the molecule is CCCCCCOC1CCC(NCCC)C1. The molecule has 1 fully saturated rings. The molecule has 0 aromatic heterocycles. The van der Waals surface area contributed by atoms with Crippen LogP contribution in [0.15, 0.2) is 0 Å². The molecule has 1 N–H and O–H groups in total. The van der Waals surface area contributed by atoms with Crippen molar-refractivity contribution in [3.8, 4) is 0 Å². The molecule has 0 aliphatic heterocycles. The quantitative estimate of drug-likeness (QED) is 0.609. The summed E-state index contributed by atoms with van der Waals surface area (Å²) in [7, 11) is 0. The maximum atomic E-state index is 5.92. The fourth-order valence-electron chi connectivity index (χ4n) is 2.40. The molecular weight excluding hydrogens is 198 g/mol. The Labute approximate surface area is 101 Å². The summed E-state index contributed by atoms with van der Waals surface area (Å²) in [6.07, 6.45) is 10.8. The Morgan fingerprint density at radius 1 is 1.06 bits per heavy atom. The lowest BCUT2D eigenvalue weighted by Gasteiger charge is -2.13. The molecule has 0 spiro atoms. The average molecular weight is 227 g/mol. The summed E-state index contributed by atoms with van der Waals surface area (Å²) in [6, 6.07) is 0.723. The minimum Gasteiger partial charge on any atom is -0.378 e. The van der Waals surface area contributed by atoms with Gasteiger partial charge in [0.15, 0.2) is 0 Å². The molecule has 0 aromatic carbocycles. The van der Waals surface area contributed by atoms with Gasteiger partial charge in [0.2, 0.25) is 0 Å². The first-order chi connectivity index (χ1) is 7.86. The van der Waals surface area contributed by atoms with Crippen LogP contribution in [0.1, 0.15) is 65.2 Å². The van der Waals surface area contributed by atoms with Gasteiger partial charge in [-0.1, -0.05) is 33.1 Å². The third-order valence-corrected chi connectivity index (χ3v) is 3.42. The molecule has 0 bridgehead atoms. The fourth-order valence-corrected chi connectivity index (χ4v) is 2.40. The molecule has 2 nitrogen and oxygen atoms in total. The molecule has 2 heteroatoms. The van der Waals surface area contributed by atoms with Gasteiger partial charge in [-0.2, -0.15) is 0 Å². The van der Waals surface area contributed by atoms with Gasteiger partial charge in [0, 0.05) is 12.6 Å². The van der Waals surface area contributed by atoms with Crippen LogP contribution >= 0.6 is 0 Å². The number of nitrogens with one attached hydrogen (secondary N) is 1. The van der Waals surface area contributed by atoms with Crippen LogP contribution in [0.5, 0.6) is 0 Å². The van der Waals surface area contributed by atoms with Crippen LogP contribution in [0.3, 0.4) is 0 Å². The van der Waals surface area contributed by atoms with E-state index in [0.717, 1.165) is 19.2 Å². The highest BCUT2D eigenvalue weighted by Crippen LogP contribution is 2.22. The number of ether oxygens (including phenoxy) is 1. The van der Waals surface area contributed by atoms with E-state index in [1.165, 1.54) is 51.4 Å². The Hall–Kier alpha value is -0.0800. The minimum atomic E-state index is 0.538. The second kappa shape index (κ2) is 9.00. The molecule has 1 saturated carbocycles. The molecule has 96 valence electrons. The van der Waals surface area contributed by atoms with Crippen molar-refractivity contribution in [2.75, 3.05) is 13.2 Å². The van der Waals surface area contributed by atoms with Gasteiger partial charge in [0.25, 0.3) is 0 Å². The molecule has 2 unspecified atom stereocenters. The Morgan fingerprint density at radius 2 is 1.94 bits per heavy atom. The maximum absolute atomic E-state index is 5.92. The molecular formula is C14H29NO. The van der Waals surface area contributed by atoms with Gasteiger partial charge < -0.3 is 10.1 Å².